The molecule has 7 nitrogen and oxygen atoms in total. The van der Waals surface area contributed by atoms with Gasteiger partial charge in [-0.25, -0.2) is 15.0 Å². The van der Waals surface area contributed by atoms with Crippen LogP contribution in [-0.4, -0.2) is 58.0 Å². The van der Waals surface area contributed by atoms with Crippen LogP contribution >= 0.6 is 15.9 Å². The number of hydrogen-bond acceptors (Lipinski definition) is 4. The van der Waals surface area contributed by atoms with Crippen molar-refractivity contribution in [3.05, 3.63) is 59.1 Å². The number of piperazine rings is 1. The summed E-state index contributed by atoms with van der Waals surface area (Å²) in [4.78, 5) is 18.6. The zero-order valence-electron chi connectivity index (χ0n) is 15.9. The first-order valence-corrected chi connectivity index (χ1v) is 10.3. The number of halogens is 1. The van der Waals surface area contributed by atoms with E-state index in [4.69, 9.17) is 4.99 Å². The van der Waals surface area contributed by atoms with Gasteiger partial charge in [0.1, 0.15) is 11.5 Å². The summed E-state index contributed by atoms with van der Waals surface area (Å²) in [5, 5.41) is 3.42. The number of hydrogen-bond donors (Lipinski definition) is 1. The Morgan fingerprint density at radius 2 is 2.00 bits per heavy atom. The molecular formula is C20H24BrN7. The van der Waals surface area contributed by atoms with E-state index in [-0.39, 0.29) is 0 Å². The van der Waals surface area contributed by atoms with Gasteiger partial charge in [-0.3, -0.25) is 0 Å². The summed E-state index contributed by atoms with van der Waals surface area (Å²) in [5.74, 6) is 1.99. The van der Waals surface area contributed by atoms with Crippen molar-refractivity contribution >= 4 is 33.4 Å². The van der Waals surface area contributed by atoms with Gasteiger partial charge < -0.3 is 19.5 Å². The van der Waals surface area contributed by atoms with Crippen molar-refractivity contribution in [2.24, 2.45) is 4.99 Å². The van der Waals surface area contributed by atoms with Gasteiger partial charge in [-0.1, -0.05) is 6.07 Å². The minimum Gasteiger partial charge on any atom is -0.357 e. The summed E-state index contributed by atoms with van der Waals surface area (Å²) in [6.45, 7) is 7.20. The molecule has 146 valence electrons. The molecular weight excluding hydrogens is 418 g/mol. The zero-order valence-corrected chi connectivity index (χ0v) is 17.5. The average Bonchev–Trinajstić information content (AvgIpc) is 3.14. The number of pyridine rings is 2. The van der Waals surface area contributed by atoms with E-state index in [1.165, 1.54) is 0 Å². The van der Waals surface area contributed by atoms with Crippen LogP contribution in [0.1, 0.15) is 12.6 Å². The molecule has 4 heterocycles. The Labute approximate surface area is 173 Å². The first-order chi connectivity index (χ1) is 13.7. The molecule has 1 aliphatic heterocycles. The van der Waals surface area contributed by atoms with Gasteiger partial charge in [0, 0.05) is 55.8 Å². The molecule has 4 rings (SSSR count). The van der Waals surface area contributed by atoms with E-state index in [1.54, 1.807) is 0 Å². The standard InChI is InChI=1S/C20H24BrN7/c1-2-22-20(24-13-17-15-28-14-16(21)6-7-19(28)25-17)27-11-9-26(10-12-27)18-5-3-4-8-23-18/h3-8,14-15H,2,9-13H2,1H3,(H,22,24). The molecule has 1 fully saturated rings. The molecule has 0 spiro atoms. The van der Waals surface area contributed by atoms with Gasteiger partial charge in [0.05, 0.1) is 12.2 Å². The SMILES string of the molecule is CCNC(=NCc1cn2cc(Br)ccc2n1)N1CCN(c2ccccn2)CC1. The third-order valence-electron chi connectivity index (χ3n) is 4.74. The molecule has 0 atom stereocenters. The fourth-order valence-corrected chi connectivity index (χ4v) is 3.72. The van der Waals surface area contributed by atoms with Crippen LogP contribution in [0.4, 0.5) is 5.82 Å². The number of guanidine groups is 1. The van der Waals surface area contributed by atoms with Gasteiger partial charge in [-0.2, -0.15) is 0 Å². The summed E-state index contributed by atoms with van der Waals surface area (Å²) < 4.78 is 3.06. The maximum atomic E-state index is 4.83. The summed E-state index contributed by atoms with van der Waals surface area (Å²) in [7, 11) is 0. The highest BCUT2D eigenvalue weighted by Crippen LogP contribution is 2.14. The number of imidazole rings is 1. The third kappa shape index (κ3) is 4.27. The van der Waals surface area contributed by atoms with Gasteiger partial charge in [0.25, 0.3) is 0 Å². The number of nitrogens with one attached hydrogen (secondary N) is 1. The monoisotopic (exact) mass is 441 g/mol. The van der Waals surface area contributed by atoms with E-state index in [0.717, 1.165) is 60.3 Å². The van der Waals surface area contributed by atoms with Gasteiger partial charge in [-0.15, -0.1) is 0 Å². The molecule has 0 amide bonds. The molecule has 0 bridgehead atoms. The van der Waals surface area contributed by atoms with Crippen molar-refractivity contribution in [3.8, 4) is 0 Å². The Balaban J connectivity index is 1.43. The number of anilines is 1. The van der Waals surface area contributed by atoms with E-state index in [1.807, 2.05) is 47.3 Å². The van der Waals surface area contributed by atoms with Crippen molar-refractivity contribution in [2.75, 3.05) is 37.6 Å². The largest absolute Gasteiger partial charge is 0.357 e. The minimum atomic E-state index is 0.558. The van der Waals surface area contributed by atoms with Crippen LogP contribution < -0.4 is 10.2 Å². The van der Waals surface area contributed by atoms with Gasteiger partial charge in [0.15, 0.2) is 5.96 Å². The predicted molar refractivity (Wildman–Crippen MR) is 116 cm³/mol. The van der Waals surface area contributed by atoms with Crippen molar-refractivity contribution in [1.82, 2.24) is 24.6 Å². The Morgan fingerprint density at radius 3 is 2.75 bits per heavy atom. The highest BCUT2D eigenvalue weighted by atomic mass is 79.9. The second kappa shape index (κ2) is 8.60. The molecule has 3 aromatic rings. The summed E-state index contributed by atoms with van der Waals surface area (Å²) in [6.07, 6.45) is 5.89. The normalized spacial score (nSPS) is 15.3. The first kappa shape index (κ1) is 18.7. The van der Waals surface area contributed by atoms with E-state index in [9.17, 15) is 0 Å². The third-order valence-corrected chi connectivity index (χ3v) is 5.21. The van der Waals surface area contributed by atoms with E-state index in [0.29, 0.717) is 6.54 Å². The maximum absolute atomic E-state index is 4.83. The topological polar surface area (TPSA) is 61.1 Å². The number of nitrogens with zero attached hydrogens (tertiary/aromatic N) is 6. The summed E-state index contributed by atoms with van der Waals surface area (Å²) >= 11 is 3.50. The summed E-state index contributed by atoms with van der Waals surface area (Å²) in [5.41, 5.74) is 1.89. The van der Waals surface area contributed by atoms with Gasteiger partial charge in [0.2, 0.25) is 0 Å². The average molecular weight is 442 g/mol. The molecule has 3 aromatic heterocycles. The molecule has 28 heavy (non-hydrogen) atoms. The van der Waals surface area contributed by atoms with E-state index in [2.05, 4.69) is 54.0 Å². The molecule has 0 unspecified atom stereocenters. The van der Waals surface area contributed by atoms with E-state index < -0.39 is 0 Å². The second-order valence-electron chi connectivity index (χ2n) is 6.68. The Kier molecular flexibility index (Phi) is 5.76. The van der Waals surface area contributed by atoms with Crippen LogP contribution in [0.5, 0.6) is 0 Å². The smallest absolute Gasteiger partial charge is 0.194 e. The Hall–Kier alpha value is -2.61. The predicted octanol–water partition coefficient (Wildman–Crippen LogP) is 2.78. The molecule has 0 aromatic carbocycles. The second-order valence-corrected chi connectivity index (χ2v) is 7.59. The lowest BCUT2D eigenvalue weighted by atomic mass is 10.3. The lowest BCUT2D eigenvalue weighted by Gasteiger charge is -2.37. The maximum Gasteiger partial charge on any atom is 0.194 e. The molecule has 0 radical (unpaired) electrons. The van der Waals surface area contributed by atoms with Crippen LogP contribution in [0.25, 0.3) is 5.65 Å². The number of aromatic nitrogens is 3. The van der Waals surface area contributed by atoms with Crippen LogP contribution in [0.3, 0.4) is 0 Å². The molecule has 0 aliphatic carbocycles. The molecule has 0 saturated carbocycles. The summed E-state index contributed by atoms with van der Waals surface area (Å²) in [6, 6.07) is 10.1. The highest BCUT2D eigenvalue weighted by molar-refractivity contribution is 9.10. The lowest BCUT2D eigenvalue weighted by molar-refractivity contribution is 0.371. The first-order valence-electron chi connectivity index (χ1n) is 9.55. The van der Waals surface area contributed by atoms with Crippen molar-refractivity contribution in [3.63, 3.8) is 0 Å². The zero-order chi connectivity index (χ0) is 19.3. The number of fused-ring (bicyclic) bond motifs is 1. The van der Waals surface area contributed by atoms with Gasteiger partial charge in [-0.05, 0) is 47.1 Å². The van der Waals surface area contributed by atoms with Crippen LogP contribution in [0.15, 0.2) is 58.4 Å². The lowest BCUT2D eigenvalue weighted by Crippen LogP contribution is -2.52. The number of rotatable bonds is 4. The number of aliphatic imine (C=N–C) groups is 1. The highest BCUT2D eigenvalue weighted by Gasteiger charge is 2.20. The van der Waals surface area contributed by atoms with Crippen LogP contribution in [0.2, 0.25) is 0 Å². The molecule has 1 aliphatic rings. The molecule has 1 saturated heterocycles. The Bertz CT molecular complexity index is 946. The minimum absolute atomic E-state index is 0.558. The van der Waals surface area contributed by atoms with Gasteiger partial charge >= 0.3 is 0 Å². The fourth-order valence-electron chi connectivity index (χ4n) is 3.36. The van der Waals surface area contributed by atoms with Crippen molar-refractivity contribution in [2.45, 2.75) is 13.5 Å². The van der Waals surface area contributed by atoms with Crippen molar-refractivity contribution < 1.29 is 0 Å². The molecule has 8 heteroatoms. The van der Waals surface area contributed by atoms with Crippen LogP contribution in [0, 0.1) is 0 Å². The molecule has 1 N–H and O–H groups in total. The fraction of sp³-hybridized carbons (Fsp3) is 0.350. The van der Waals surface area contributed by atoms with Crippen LogP contribution in [-0.2, 0) is 6.54 Å². The quantitative estimate of drug-likeness (QED) is 0.498. The Morgan fingerprint density at radius 1 is 1.14 bits per heavy atom. The van der Waals surface area contributed by atoms with Crippen molar-refractivity contribution in [1.29, 1.82) is 0 Å². The van der Waals surface area contributed by atoms with E-state index >= 15 is 0 Å².